The third kappa shape index (κ3) is 5.79. The van der Waals surface area contributed by atoms with Crippen LogP contribution in [0.15, 0.2) is 27.8 Å². The molecule has 0 spiro atoms. The highest BCUT2D eigenvalue weighted by atomic mass is 127. The number of nitrogens with one attached hydrogen (secondary N) is 1. The molecule has 1 aromatic heterocycles. The van der Waals surface area contributed by atoms with E-state index in [0.29, 0.717) is 5.92 Å². The molecule has 0 saturated carbocycles. The summed E-state index contributed by atoms with van der Waals surface area (Å²) in [4.78, 5) is 6.92. The van der Waals surface area contributed by atoms with Crippen LogP contribution in [0.5, 0.6) is 0 Å². The predicted molar refractivity (Wildman–Crippen MR) is 99.8 cm³/mol. The number of hydrogen-bond acceptors (Lipinski definition) is 3. The molecule has 5 nitrogen and oxygen atoms in total. The summed E-state index contributed by atoms with van der Waals surface area (Å²) in [7, 11) is 0. The van der Waals surface area contributed by atoms with Crippen LogP contribution in [-0.2, 0) is 6.42 Å². The van der Waals surface area contributed by atoms with E-state index in [1.54, 1.807) is 6.26 Å². The molecule has 1 aliphatic heterocycles. The van der Waals surface area contributed by atoms with Crippen LogP contribution in [-0.4, -0.2) is 48.2 Å². The molecule has 2 atom stereocenters. The fourth-order valence-electron chi connectivity index (χ4n) is 2.61. The van der Waals surface area contributed by atoms with Crippen LogP contribution >= 0.6 is 24.0 Å². The lowest BCUT2D eigenvalue weighted by molar-refractivity contribution is 0.132. The fraction of sp³-hybridized carbons (Fsp3) is 0.688. The number of rotatable bonds is 6. The maximum absolute atomic E-state index is 9.73. The second-order valence-corrected chi connectivity index (χ2v) is 5.70. The summed E-state index contributed by atoms with van der Waals surface area (Å²) < 4.78 is 5.34. The van der Waals surface area contributed by atoms with Gasteiger partial charge in [-0.15, -0.1) is 24.0 Å². The van der Waals surface area contributed by atoms with E-state index >= 15 is 0 Å². The largest absolute Gasteiger partial charge is 0.469 e. The van der Waals surface area contributed by atoms with Crippen LogP contribution in [0.3, 0.4) is 0 Å². The smallest absolute Gasteiger partial charge is 0.193 e. The number of likely N-dealkylation sites (tertiary alicyclic amines) is 1. The van der Waals surface area contributed by atoms with Gasteiger partial charge in [0.15, 0.2) is 5.96 Å². The number of furan rings is 1. The Balaban J connectivity index is 0.00000242. The van der Waals surface area contributed by atoms with Crippen molar-refractivity contribution in [2.24, 2.45) is 10.9 Å². The topological polar surface area (TPSA) is 61.0 Å². The van der Waals surface area contributed by atoms with Crippen LogP contribution in [0, 0.1) is 5.92 Å². The molecule has 2 rings (SSSR count). The van der Waals surface area contributed by atoms with E-state index in [4.69, 9.17) is 4.42 Å². The maximum Gasteiger partial charge on any atom is 0.193 e. The standard InChI is InChI=1S/C16H27N3O2.HI/c1-3-8-17-16(18-9-6-15-5-4-11-21-15)19-10-7-14(12-19)13(2)20;/h4-5,11,13-14,20H,3,6-10,12H2,1-2H3,(H,17,18);1H. The Kier molecular flexibility index (Phi) is 8.85. The van der Waals surface area contributed by atoms with Crippen molar-refractivity contribution in [3.05, 3.63) is 24.2 Å². The molecule has 0 amide bonds. The SMILES string of the molecule is CCCN=C(NCCc1ccco1)N1CCC(C(C)O)C1.I. The van der Waals surface area contributed by atoms with Crippen LogP contribution < -0.4 is 5.32 Å². The fourth-order valence-corrected chi connectivity index (χ4v) is 2.61. The Morgan fingerprint density at radius 3 is 3.00 bits per heavy atom. The molecule has 2 N–H and O–H groups in total. The van der Waals surface area contributed by atoms with Crippen molar-refractivity contribution in [1.29, 1.82) is 0 Å². The molecule has 1 aliphatic rings. The van der Waals surface area contributed by atoms with Crippen molar-refractivity contribution in [1.82, 2.24) is 10.2 Å². The molecule has 2 unspecified atom stereocenters. The highest BCUT2D eigenvalue weighted by molar-refractivity contribution is 14.0. The molecule has 6 heteroatoms. The Labute approximate surface area is 150 Å². The summed E-state index contributed by atoms with van der Waals surface area (Å²) in [5.41, 5.74) is 0. The molecular weight excluding hydrogens is 393 g/mol. The minimum Gasteiger partial charge on any atom is -0.469 e. The van der Waals surface area contributed by atoms with E-state index in [-0.39, 0.29) is 30.1 Å². The third-order valence-electron chi connectivity index (χ3n) is 3.93. The minimum absolute atomic E-state index is 0. The monoisotopic (exact) mass is 421 g/mol. The predicted octanol–water partition coefficient (Wildman–Crippen LogP) is 2.50. The number of nitrogens with zero attached hydrogens (tertiary/aromatic N) is 2. The van der Waals surface area contributed by atoms with Crippen molar-refractivity contribution < 1.29 is 9.52 Å². The van der Waals surface area contributed by atoms with Gasteiger partial charge in [-0.2, -0.15) is 0 Å². The number of aliphatic hydroxyl groups is 1. The van der Waals surface area contributed by atoms with Gasteiger partial charge in [0.05, 0.1) is 12.4 Å². The zero-order valence-electron chi connectivity index (χ0n) is 13.5. The van der Waals surface area contributed by atoms with Gasteiger partial charge in [-0.05, 0) is 31.9 Å². The number of halogens is 1. The summed E-state index contributed by atoms with van der Waals surface area (Å²) in [6.07, 6.45) is 4.38. The number of aliphatic imine (C=N–C) groups is 1. The summed E-state index contributed by atoms with van der Waals surface area (Å²) >= 11 is 0. The molecule has 22 heavy (non-hydrogen) atoms. The van der Waals surface area contributed by atoms with E-state index in [0.717, 1.165) is 57.2 Å². The van der Waals surface area contributed by atoms with Gasteiger partial charge in [-0.1, -0.05) is 6.92 Å². The summed E-state index contributed by atoms with van der Waals surface area (Å²) in [5.74, 6) is 2.30. The molecule has 0 aromatic carbocycles. The first-order valence-corrected chi connectivity index (χ1v) is 7.94. The Morgan fingerprint density at radius 2 is 2.41 bits per heavy atom. The van der Waals surface area contributed by atoms with Crippen LogP contribution in [0.25, 0.3) is 0 Å². The molecule has 0 bridgehead atoms. The molecule has 2 heterocycles. The van der Waals surface area contributed by atoms with Gasteiger partial charge < -0.3 is 19.7 Å². The maximum atomic E-state index is 9.73. The van der Waals surface area contributed by atoms with Gasteiger partial charge in [0.1, 0.15) is 5.76 Å². The third-order valence-corrected chi connectivity index (χ3v) is 3.93. The molecule has 126 valence electrons. The first-order valence-electron chi connectivity index (χ1n) is 7.94. The number of hydrogen-bond donors (Lipinski definition) is 2. The molecule has 0 aliphatic carbocycles. The van der Waals surface area contributed by atoms with Crippen molar-refractivity contribution >= 4 is 29.9 Å². The lowest BCUT2D eigenvalue weighted by Crippen LogP contribution is -2.41. The molecule has 1 saturated heterocycles. The van der Waals surface area contributed by atoms with Crippen LogP contribution in [0.1, 0.15) is 32.4 Å². The van der Waals surface area contributed by atoms with Crippen molar-refractivity contribution in [2.45, 2.75) is 39.2 Å². The molecule has 1 aromatic rings. The lowest BCUT2D eigenvalue weighted by atomic mass is 10.0. The van der Waals surface area contributed by atoms with Gasteiger partial charge in [-0.25, -0.2) is 0 Å². The highest BCUT2D eigenvalue weighted by Crippen LogP contribution is 2.19. The van der Waals surface area contributed by atoms with E-state index < -0.39 is 0 Å². The average molecular weight is 421 g/mol. The normalized spacial score (nSPS) is 19.9. The minimum atomic E-state index is -0.245. The van der Waals surface area contributed by atoms with Gasteiger partial charge in [0.2, 0.25) is 0 Å². The zero-order valence-corrected chi connectivity index (χ0v) is 15.8. The number of guanidine groups is 1. The van der Waals surface area contributed by atoms with Gasteiger partial charge in [0, 0.05) is 38.5 Å². The Morgan fingerprint density at radius 1 is 1.59 bits per heavy atom. The highest BCUT2D eigenvalue weighted by Gasteiger charge is 2.27. The van der Waals surface area contributed by atoms with Crippen LogP contribution in [0.2, 0.25) is 0 Å². The summed E-state index contributed by atoms with van der Waals surface area (Å²) in [6.45, 7) is 7.50. The lowest BCUT2D eigenvalue weighted by Gasteiger charge is -2.22. The second kappa shape index (κ2) is 10.1. The zero-order chi connectivity index (χ0) is 15.1. The first kappa shape index (κ1) is 19.3. The van der Waals surface area contributed by atoms with Crippen molar-refractivity contribution in [3.8, 4) is 0 Å². The van der Waals surface area contributed by atoms with E-state index in [2.05, 4.69) is 22.1 Å². The summed E-state index contributed by atoms with van der Waals surface area (Å²) in [6, 6.07) is 3.90. The van der Waals surface area contributed by atoms with Crippen molar-refractivity contribution in [3.63, 3.8) is 0 Å². The molecule has 0 radical (unpaired) electrons. The number of aliphatic hydroxyl groups excluding tert-OH is 1. The van der Waals surface area contributed by atoms with E-state index in [9.17, 15) is 5.11 Å². The van der Waals surface area contributed by atoms with E-state index in [1.165, 1.54) is 0 Å². The van der Waals surface area contributed by atoms with Crippen LogP contribution in [0.4, 0.5) is 0 Å². The Bertz CT molecular complexity index is 435. The molecular formula is C16H28IN3O2. The molecule has 1 fully saturated rings. The quantitative estimate of drug-likeness (QED) is 0.421. The second-order valence-electron chi connectivity index (χ2n) is 5.70. The first-order chi connectivity index (χ1) is 10.2. The van der Waals surface area contributed by atoms with Gasteiger partial charge in [0.25, 0.3) is 0 Å². The van der Waals surface area contributed by atoms with Gasteiger partial charge >= 0.3 is 0 Å². The summed E-state index contributed by atoms with van der Waals surface area (Å²) in [5, 5.41) is 13.2. The van der Waals surface area contributed by atoms with Gasteiger partial charge in [-0.3, -0.25) is 4.99 Å². The Hall–Kier alpha value is -0.760. The van der Waals surface area contributed by atoms with Crippen molar-refractivity contribution in [2.75, 3.05) is 26.2 Å². The van der Waals surface area contributed by atoms with E-state index in [1.807, 2.05) is 19.1 Å². The average Bonchev–Trinajstić information content (AvgIpc) is 3.13.